The fraction of sp³-hybridized carbons (Fsp3) is 0.778. The molecule has 0 aliphatic carbocycles. The Morgan fingerprint density at radius 1 is 1.60 bits per heavy atom. The Bertz CT molecular complexity index is 240. The maximum Gasteiger partial charge on any atom is 0.189 e. The van der Waals surface area contributed by atoms with Crippen molar-refractivity contribution in [3.05, 3.63) is 0 Å². The number of hydrogen-bond donors (Lipinski definition) is 3. The molecule has 1 atom stereocenters. The van der Waals surface area contributed by atoms with E-state index in [2.05, 4.69) is 12.6 Å². The topological polar surface area (TPSA) is 66.8 Å². The first kappa shape index (κ1) is 14.8. The van der Waals surface area contributed by atoms with Gasteiger partial charge in [-0.2, -0.15) is 0 Å². The van der Waals surface area contributed by atoms with Crippen LogP contribution < -0.4 is 0 Å². The lowest BCUT2D eigenvalue weighted by Gasteiger charge is -2.23. The van der Waals surface area contributed by atoms with Gasteiger partial charge >= 0.3 is 0 Å². The monoisotopic (exact) mass is 252 g/mol. The molecule has 0 fully saturated rings. The summed E-state index contributed by atoms with van der Waals surface area (Å²) in [7, 11) is 0. The number of carbonyl (C=O) groups is 1. The van der Waals surface area contributed by atoms with E-state index in [4.69, 9.17) is 22.1 Å². The molecule has 0 saturated carbocycles. The van der Waals surface area contributed by atoms with E-state index in [0.717, 1.165) is 0 Å². The van der Waals surface area contributed by atoms with Crippen LogP contribution >= 0.6 is 24.8 Å². The molecule has 15 heavy (non-hydrogen) atoms. The van der Waals surface area contributed by atoms with E-state index in [-0.39, 0.29) is 24.7 Å². The number of rotatable bonds is 6. The Morgan fingerprint density at radius 3 is 2.53 bits per heavy atom. The molecule has 0 spiro atoms. The van der Waals surface area contributed by atoms with Gasteiger partial charge in [-0.1, -0.05) is 13.8 Å². The van der Waals surface area contributed by atoms with Crippen molar-refractivity contribution < 1.29 is 19.7 Å². The van der Waals surface area contributed by atoms with E-state index in [1.807, 2.05) is 0 Å². The van der Waals surface area contributed by atoms with Gasteiger partial charge in [0.05, 0.1) is 19.6 Å². The highest BCUT2D eigenvalue weighted by Gasteiger charge is 2.21. The molecule has 88 valence electrons. The first-order valence-corrected chi connectivity index (χ1v) is 5.31. The van der Waals surface area contributed by atoms with E-state index in [1.54, 1.807) is 13.8 Å². The Morgan fingerprint density at radius 2 is 2.13 bits per heavy atom. The Labute approximate surface area is 100 Å². The summed E-state index contributed by atoms with van der Waals surface area (Å²) in [5.74, 6) is 0. The predicted molar refractivity (Wildman–Crippen MR) is 64.0 cm³/mol. The third-order valence-electron chi connectivity index (χ3n) is 1.67. The average molecular weight is 252 g/mol. The molecule has 0 aliphatic heterocycles. The summed E-state index contributed by atoms with van der Waals surface area (Å²) in [4.78, 5) is 10.6. The fourth-order valence-corrected chi connectivity index (χ4v) is 0.972. The largest absolute Gasteiger partial charge is 0.484 e. The minimum atomic E-state index is -1.11. The molecule has 6 heteroatoms. The number of aliphatic hydroxyl groups is 2. The van der Waals surface area contributed by atoms with Crippen molar-refractivity contribution in [2.45, 2.75) is 26.4 Å². The summed E-state index contributed by atoms with van der Waals surface area (Å²) in [5, 5.41) is 17.8. The molecule has 1 unspecified atom stereocenters. The van der Waals surface area contributed by atoms with E-state index in [0.29, 0.717) is 0 Å². The number of carbonyl (C=O) groups excluding carboxylic acids is 1. The van der Waals surface area contributed by atoms with Gasteiger partial charge < -0.3 is 14.9 Å². The standard InChI is InChI=1S/C9H16O4S2/c1-9(2,4-10)5-13-8(15)6(11)3-7(12)14/h6,10-11H,3-5H2,1-2H3,(H,12,14). The lowest BCUT2D eigenvalue weighted by Crippen LogP contribution is -2.30. The summed E-state index contributed by atoms with van der Waals surface area (Å²) in [6, 6.07) is 0. The van der Waals surface area contributed by atoms with Crippen LogP contribution in [-0.4, -0.2) is 39.7 Å². The number of aliphatic hydroxyl groups excluding tert-OH is 2. The predicted octanol–water partition coefficient (Wildman–Crippen LogP) is 0.556. The van der Waals surface area contributed by atoms with Gasteiger partial charge in [-0.25, -0.2) is 0 Å². The molecule has 0 aromatic rings. The summed E-state index contributed by atoms with van der Waals surface area (Å²) < 4.78 is 5.10. The van der Waals surface area contributed by atoms with Crippen LogP contribution in [0.1, 0.15) is 20.3 Å². The number of thiol groups is 1. The normalized spacial score (nSPS) is 13.4. The zero-order chi connectivity index (χ0) is 12.1. The minimum absolute atomic E-state index is 0.0427. The van der Waals surface area contributed by atoms with Crippen LogP contribution in [0.5, 0.6) is 0 Å². The van der Waals surface area contributed by atoms with Gasteiger partial charge in [0.15, 0.2) is 10.2 Å². The molecule has 0 saturated heterocycles. The third kappa shape index (κ3) is 6.83. The molecule has 0 bridgehead atoms. The highest BCUT2D eigenvalue weighted by Crippen LogP contribution is 2.14. The maximum atomic E-state index is 10.6. The van der Waals surface area contributed by atoms with Crippen LogP contribution in [0.4, 0.5) is 0 Å². The van der Waals surface area contributed by atoms with Crippen molar-refractivity contribution in [3.63, 3.8) is 0 Å². The van der Waals surface area contributed by atoms with Crippen LogP contribution in [0.2, 0.25) is 0 Å². The number of hydrogen-bond acceptors (Lipinski definition) is 5. The quantitative estimate of drug-likeness (QED) is 0.476. The molecule has 0 aliphatic rings. The maximum absolute atomic E-state index is 10.6. The summed E-state index contributed by atoms with van der Waals surface area (Å²) in [6.07, 6.45) is -1.28. The van der Waals surface area contributed by atoms with Crippen molar-refractivity contribution in [3.8, 4) is 0 Å². The average Bonchev–Trinajstić information content (AvgIpc) is 2.13. The Kier molecular flexibility index (Phi) is 6.35. The van der Waals surface area contributed by atoms with Gasteiger partial charge in [-0.3, -0.25) is 4.79 Å². The van der Waals surface area contributed by atoms with Crippen molar-refractivity contribution in [2.75, 3.05) is 13.2 Å². The van der Waals surface area contributed by atoms with Gasteiger partial charge in [0, 0.05) is 5.41 Å². The highest BCUT2D eigenvalue weighted by atomic mass is 32.1. The molecule has 0 rings (SSSR count). The lowest BCUT2D eigenvalue weighted by molar-refractivity contribution is -0.112. The zero-order valence-electron chi connectivity index (χ0n) is 8.77. The molecule has 0 amide bonds. The highest BCUT2D eigenvalue weighted by molar-refractivity contribution is 7.96. The van der Waals surface area contributed by atoms with E-state index in [9.17, 15) is 9.90 Å². The van der Waals surface area contributed by atoms with Crippen LogP contribution in [-0.2, 0) is 9.53 Å². The van der Waals surface area contributed by atoms with Crippen LogP contribution in [0.3, 0.4) is 0 Å². The van der Waals surface area contributed by atoms with E-state index in [1.165, 1.54) is 0 Å². The van der Waals surface area contributed by atoms with Crippen molar-refractivity contribution >= 4 is 35.0 Å². The first-order chi connectivity index (χ1) is 6.78. The Hall–Kier alpha value is -0.170. The van der Waals surface area contributed by atoms with Gasteiger partial charge in [0.1, 0.15) is 6.10 Å². The Balaban J connectivity index is 3.98. The number of thiocarbonyl (C=S) groups is 1. The van der Waals surface area contributed by atoms with Gasteiger partial charge in [-0.15, -0.1) is 12.6 Å². The SMILES string of the molecule is CC(C)(CO)COC(=S)C(O)CC(=O)S. The molecule has 2 N–H and O–H groups in total. The zero-order valence-corrected chi connectivity index (χ0v) is 10.5. The molecule has 0 radical (unpaired) electrons. The molecule has 0 heterocycles. The van der Waals surface area contributed by atoms with Gasteiger partial charge in [0.25, 0.3) is 0 Å². The van der Waals surface area contributed by atoms with Crippen LogP contribution in [0.25, 0.3) is 0 Å². The van der Waals surface area contributed by atoms with Crippen LogP contribution in [0, 0.1) is 5.41 Å². The molecule has 0 aromatic carbocycles. The van der Waals surface area contributed by atoms with Crippen molar-refractivity contribution in [1.29, 1.82) is 0 Å². The molecule has 4 nitrogen and oxygen atoms in total. The van der Waals surface area contributed by atoms with Crippen LogP contribution in [0.15, 0.2) is 0 Å². The second-order valence-corrected chi connectivity index (χ2v) is 4.94. The van der Waals surface area contributed by atoms with E-state index < -0.39 is 16.6 Å². The summed E-state index contributed by atoms with van der Waals surface area (Å²) >= 11 is 8.29. The third-order valence-corrected chi connectivity index (χ3v) is 2.25. The number of ether oxygens (including phenoxy) is 1. The smallest absolute Gasteiger partial charge is 0.189 e. The van der Waals surface area contributed by atoms with Gasteiger partial charge in [0.2, 0.25) is 0 Å². The lowest BCUT2D eigenvalue weighted by atomic mass is 9.97. The second kappa shape index (κ2) is 6.42. The van der Waals surface area contributed by atoms with Gasteiger partial charge in [-0.05, 0) is 12.2 Å². The van der Waals surface area contributed by atoms with E-state index >= 15 is 0 Å². The molecular weight excluding hydrogens is 236 g/mol. The minimum Gasteiger partial charge on any atom is -0.484 e. The fourth-order valence-electron chi connectivity index (χ4n) is 0.657. The summed E-state index contributed by atoms with van der Waals surface area (Å²) in [6.45, 7) is 3.74. The molecule has 0 aromatic heterocycles. The van der Waals surface area contributed by atoms with Crippen molar-refractivity contribution in [1.82, 2.24) is 0 Å². The summed E-state index contributed by atoms with van der Waals surface area (Å²) in [5.41, 5.74) is -0.422. The van der Waals surface area contributed by atoms with Crippen molar-refractivity contribution in [2.24, 2.45) is 5.41 Å². The first-order valence-electron chi connectivity index (χ1n) is 4.46. The second-order valence-electron chi connectivity index (χ2n) is 4.04. The molecular formula is C9H16O4S2.